The molecule has 1 unspecified atom stereocenters. The number of nitrogens with two attached hydrogens (primary N) is 1. The molecule has 1 aromatic carbocycles. The highest BCUT2D eigenvalue weighted by atomic mass is 35.5. The monoisotopic (exact) mass is 245 g/mol. The second-order valence-corrected chi connectivity index (χ2v) is 4.61. The molecule has 1 atom stereocenters. The van der Waals surface area contributed by atoms with E-state index in [9.17, 15) is 0 Å². The molecule has 3 heteroatoms. The van der Waals surface area contributed by atoms with Crippen molar-refractivity contribution in [3.63, 3.8) is 0 Å². The number of hydrogen-bond acceptors (Lipinski definition) is 1. The summed E-state index contributed by atoms with van der Waals surface area (Å²) in [4.78, 5) is 0. The largest absolute Gasteiger partial charge is 0.324 e. The van der Waals surface area contributed by atoms with Gasteiger partial charge in [0.25, 0.3) is 0 Å². The molecule has 84 valence electrons. The molecular weight excluding hydrogens is 229 g/mol. The van der Waals surface area contributed by atoms with Gasteiger partial charge in [-0.05, 0) is 23.6 Å². The normalized spacial score (nSPS) is 13.2. The third-order valence-corrected chi connectivity index (χ3v) is 3.44. The second-order valence-electron chi connectivity index (χ2n) is 3.77. The van der Waals surface area contributed by atoms with E-state index in [1.54, 1.807) is 6.07 Å². The average Bonchev–Trinajstić information content (AvgIpc) is 2.19. The van der Waals surface area contributed by atoms with E-state index in [0.29, 0.717) is 16.0 Å². The molecule has 15 heavy (non-hydrogen) atoms. The number of hydrogen-bond donors (Lipinski definition) is 1. The van der Waals surface area contributed by atoms with Gasteiger partial charge >= 0.3 is 0 Å². The average molecular weight is 246 g/mol. The minimum atomic E-state index is 0.00441. The van der Waals surface area contributed by atoms with Crippen molar-refractivity contribution in [2.75, 3.05) is 0 Å². The minimum Gasteiger partial charge on any atom is -0.324 e. The summed E-state index contributed by atoms with van der Waals surface area (Å²) in [6, 6.07) is 5.52. The zero-order chi connectivity index (χ0) is 11.4. The molecule has 0 heterocycles. The summed E-state index contributed by atoms with van der Waals surface area (Å²) in [6.07, 6.45) is 2.13. The van der Waals surface area contributed by atoms with Gasteiger partial charge in [-0.2, -0.15) is 0 Å². The van der Waals surface area contributed by atoms with Crippen LogP contribution >= 0.6 is 23.2 Å². The molecule has 0 aliphatic rings. The first-order chi connectivity index (χ1) is 7.10. The standard InChI is InChI=1S/C12H17Cl2N/c1-3-8(4-2)12(15)10-6-5-9(13)7-11(10)14/h5-8,12H,3-4,15H2,1-2H3. The molecular formula is C12H17Cl2N. The van der Waals surface area contributed by atoms with E-state index in [1.807, 2.05) is 12.1 Å². The summed E-state index contributed by atoms with van der Waals surface area (Å²) in [5, 5.41) is 1.32. The molecule has 0 fully saturated rings. The van der Waals surface area contributed by atoms with Crippen molar-refractivity contribution in [3.05, 3.63) is 33.8 Å². The van der Waals surface area contributed by atoms with Crippen LogP contribution in [0, 0.1) is 5.92 Å². The van der Waals surface area contributed by atoms with E-state index in [-0.39, 0.29) is 6.04 Å². The summed E-state index contributed by atoms with van der Waals surface area (Å²) < 4.78 is 0. The van der Waals surface area contributed by atoms with E-state index >= 15 is 0 Å². The lowest BCUT2D eigenvalue weighted by molar-refractivity contribution is 0.405. The Kier molecular flexibility index (Phi) is 4.91. The number of rotatable bonds is 4. The van der Waals surface area contributed by atoms with Crippen molar-refractivity contribution in [2.45, 2.75) is 32.7 Å². The van der Waals surface area contributed by atoms with E-state index in [2.05, 4.69) is 13.8 Å². The lowest BCUT2D eigenvalue weighted by atomic mass is 9.89. The minimum absolute atomic E-state index is 0.00441. The molecule has 0 spiro atoms. The first-order valence-corrected chi connectivity index (χ1v) is 6.06. The Morgan fingerprint density at radius 2 is 1.80 bits per heavy atom. The second kappa shape index (κ2) is 5.74. The lowest BCUT2D eigenvalue weighted by Gasteiger charge is -2.22. The Morgan fingerprint density at radius 1 is 1.20 bits per heavy atom. The maximum absolute atomic E-state index is 6.18. The predicted octanol–water partition coefficient (Wildman–Crippen LogP) is 4.43. The van der Waals surface area contributed by atoms with Crippen LogP contribution in [-0.4, -0.2) is 0 Å². The summed E-state index contributed by atoms with van der Waals surface area (Å²) in [7, 11) is 0. The van der Waals surface area contributed by atoms with Crippen LogP contribution in [0.2, 0.25) is 10.0 Å². The maximum Gasteiger partial charge on any atom is 0.0468 e. The summed E-state index contributed by atoms with van der Waals surface area (Å²) in [5.74, 6) is 0.476. The number of benzene rings is 1. The van der Waals surface area contributed by atoms with Gasteiger partial charge in [0.1, 0.15) is 0 Å². The van der Waals surface area contributed by atoms with Crippen molar-refractivity contribution < 1.29 is 0 Å². The van der Waals surface area contributed by atoms with Gasteiger partial charge in [0.15, 0.2) is 0 Å². The van der Waals surface area contributed by atoms with Gasteiger partial charge in [0.2, 0.25) is 0 Å². The molecule has 2 N–H and O–H groups in total. The molecule has 1 aromatic rings. The Labute approximate surface area is 102 Å². The number of halogens is 2. The molecule has 0 aromatic heterocycles. The quantitative estimate of drug-likeness (QED) is 0.835. The van der Waals surface area contributed by atoms with Gasteiger partial charge in [-0.25, -0.2) is 0 Å². The van der Waals surface area contributed by atoms with Crippen LogP contribution in [0.3, 0.4) is 0 Å². The first kappa shape index (κ1) is 12.8. The fraction of sp³-hybridized carbons (Fsp3) is 0.500. The van der Waals surface area contributed by atoms with Gasteiger partial charge in [0, 0.05) is 16.1 Å². The topological polar surface area (TPSA) is 26.0 Å². The third-order valence-electron chi connectivity index (χ3n) is 2.88. The van der Waals surface area contributed by atoms with Crippen LogP contribution in [0.15, 0.2) is 18.2 Å². The van der Waals surface area contributed by atoms with E-state index in [1.165, 1.54) is 0 Å². The zero-order valence-corrected chi connectivity index (χ0v) is 10.6. The van der Waals surface area contributed by atoms with Crippen molar-refractivity contribution in [1.82, 2.24) is 0 Å². The van der Waals surface area contributed by atoms with Gasteiger partial charge in [-0.15, -0.1) is 0 Å². The molecule has 0 aliphatic heterocycles. The highest BCUT2D eigenvalue weighted by Crippen LogP contribution is 2.31. The Morgan fingerprint density at radius 3 is 2.27 bits per heavy atom. The summed E-state index contributed by atoms with van der Waals surface area (Å²) >= 11 is 12.0. The fourth-order valence-electron chi connectivity index (χ4n) is 1.82. The highest BCUT2D eigenvalue weighted by Gasteiger charge is 2.18. The lowest BCUT2D eigenvalue weighted by Crippen LogP contribution is -2.20. The molecule has 0 saturated carbocycles. The third kappa shape index (κ3) is 3.10. The molecule has 0 radical (unpaired) electrons. The predicted molar refractivity (Wildman–Crippen MR) is 67.5 cm³/mol. The van der Waals surface area contributed by atoms with Crippen LogP contribution in [0.1, 0.15) is 38.3 Å². The van der Waals surface area contributed by atoms with Crippen molar-refractivity contribution in [3.8, 4) is 0 Å². The molecule has 1 rings (SSSR count). The van der Waals surface area contributed by atoms with Crippen LogP contribution in [0.5, 0.6) is 0 Å². The van der Waals surface area contributed by atoms with Gasteiger partial charge in [-0.3, -0.25) is 0 Å². The Bertz CT molecular complexity index is 321. The first-order valence-electron chi connectivity index (χ1n) is 5.30. The summed E-state index contributed by atoms with van der Waals surface area (Å²) in [6.45, 7) is 4.30. The van der Waals surface area contributed by atoms with Crippen LogP contribution < -0.4 is 5.73 Å². The molecule has 0 aliphatic carbocycles. The highest BCUT2D eigenvalue weighted by molar-refractivity contribution is 6.35. The van der Waals surface area contributed by atoms with Gasteiger partial charge < -0.3 is 5.73 Å². The Hall–Kier alpha value is -0.240. The van der Waals surface area contributed by atoms with Crippen LogP contribution in [-0.2, 0) is 0 Å². The van der Waals surface area contributed by atoms with Gasteiger partial charge in [-0.1, -0.05) is 56.0 Å². The summed E-state index contributed by atoms with van der Waals surface area (Å²) in [5.41, 5.74) is 7.18. The van der Waals surface area contributed by atoms with Crippen LogP contribution in [0.25, 0.3) is 0 Å². The smallest absolute Gasteiger partial charge is 0.0468 e. The zero-order valence-electron chi connectivity index (χ0n) is 9.13. The SMILES string of the molecule is CCC(CC)C(N)c1ccc(Cl)cc1Cl. The van der Waals surface area contributed by atoms with Crippen molar-refractivity contribution >= 4 is 23.2 Å². The fourth-order valence-corrected chi connectivity index (χ4v) is 2.36. The molecule has 0 bridgehead atoms. The van der Waals surface area contributed by atoms with E-state index < -0.39 is 0 Å². The van der Waals surface area contributed by atoms with Gasteiger partial charge in [0.05, 0.1) is 0 Å². The molecule has 0 amide bonds. The van der Waals surface area contributed by atoms with Crippen molar-refractivity contribution in [2.24, 2.45) is 11.7 Å². The molecule has 0 saturated heterocycles. The molecule has 1 nitrogen and oxygen atoms in total. The van der Waals surface area contributed by atoms with Crippen molar-refractivity contribution in [1.29, 1.82) is 0 Å². The maximum atomic E-state index is 6.18. The van der Waals surface area contributed by atoms with E-state index in [0.717, 1.165) is 18.4 Å². The Balaban J connectivity index is 2.94. The van der Waals surface area contributed by atoms with Crippen LogP contribution in [0.4, 0.5) is 0 Å². The van der Waals surface area contributed by atoms with E-state index in [4.69, 9.17) is 28.9 Å².